The van der Waals surface area contributed by atoms with Gasteiger partial charge in [0.1, 0.15) is 0 Å². The van der Waals surface area contributed by atoms with Crippen molar-refractivity contribution >= 4 is 5.91 Å². The van der Waals surface area contributed by atoms with E-state index < -0.39 is 0 Å². The Bertz CT molecular complexity index is 259. The lowest BCUT2D eigenvalue weighted by Gasteiger charge is -2.26. The number of rotatable bonds is 3. The normalized spacial score (nSPS) is 28.6. The fourth-order valence-electron chi connectivity index (χ4n) is 3.06. The van der Waals surface area contributed by atoms with Gasteiger partial charge in [0.05, 0.1) is 0 Å². The quantitative estimate of drug-likeness (QED) is 0.796. The summed E-state index contributed by atoms with van der Waals surface area (Å²) < 4.78 is 0. The number of likely N-dealkylation sites (tertiary alicyclic amines) is 1. The lowest BCUT2D eigenvalue weighted by molar-refractivity contribution is -0.131. The average molecular weight is 224 g/mol. The molecule has 0 bridgehead atoms. The van der Waals surface area contributed by atoms with Crippen LogP contribution in [0.5, 0.6) is 0 Å². The predicted molar refractivity (Wildman–Crippen MR) is 65.0 cm³/mol. The molecule has 0 aromatic heterocycles. The number of carbonyl (C=O) groups excluding carboxylic acids is 1. The zero-order valence-electron chi connectivity index (χ0n) is 10.4. The van der Waals surface area contributed by atoms with Gasteiger partial charge in [0.2, 0.25) is 5.91 Å². The second-order valence-electron chi connectivity index (χ2n) is 5.65. The van der Waals surface area contributed by atoms with Crippen LogP contribution in [0.4, 0.5) is 0 Å². The first-order chi connectivity index (χ1) is 7.63. The van der Waals surface area contributed by atoms with E-state index in [4.69, 9.17) is 5.73 Å². The van der Waals surface area contributed by atoms with E-state index in [1.54, 1.807) is 0 Å². The van der Waals surface area contributed by atoms with Gasteiger partial charge in [-0.1, -0.05) is 26.2 Å². The van der Waals surface area contributed by atoms with Crippen LogP contribution in [0.3, 0.4) is 0 Å². The van der Waals surface area contributed by atoms with Crippen molar-refractivity contribution in [1.29, 1.82) is 0 Å². The smallest absolute Gasteiger partial charge is 0.224 e. The first kappa shape index (κ1) is 11.9. The zero-order chi connectivity index (χ0) is 11.6. The molecule has 3 heteroatoms. The lowest BCUT2D eigenvalue weighted by atomic mass is 9.94. The summed E-state index contributed by atoms with van der Waals surface area (Å²) in [4.78, 5) is 14.1. The molecule has 2 rings (SSSR count). The molecule has 0 aromatic rings. The topological polar surface area (TPSA) is 46.3 Å². The number of nitrogens with two attached hydrogens (primary N) is 1. The largest absolute Gasteiger partial charge is 0.342 e. The standard InChI is InChI=1S/C13H24N2O/c1-2-11-5-8-15(10-11)12(16)9-13(14)6-3-4-7-13/h11H,2-10,14H2,1H3. The Kier molecular flexibility index (Phi) is 3.53. The molecule has 1 unspecified atom stereocenters. The van der Waals surface area contributed by atoms with Gasteiger partial charge in [-0.15, -0.1) is 0 Å². The molecule has 2 N–H and O–H groups in total. The van der Waals surface area contributed by atoms with Crippen molar-refractivity contribution in [3.8, 4) is 0 Å². The minimum absolute atomic E-state index is 0.179. The minimum Gasteiger partial charge on any atom is -0.342 e. The Balaban J connectivity index is 1.84. The van der Waals surface area contributed by atoms with Crippen molar-refractivity contribution in [3.63, 3.8) is 0 Å². The summed E-state index contributed by atoms with van der Waals surface area (Å²) in [5.41, 5.74) is 6.07. The molecule has 16 heavy (non-hydrogen) atoms. The first-order valence-electron chi connectivity index (χ1n) is 6.69. The molecule has 2 aliphatic rings. The molecule has 2 fully saturated rings. The Morgan fingerprint density at radius 1 is 1.44 bits per heavy atom. The Morgan fingerprint density at radius 2 is 2.12 bits per heavy atom. The second-order valence-corrected chi connectivity index (χ2v) is 5.65. The third-order valence-electron chi connectivity index (χ3n) is 4.32. The van der Waals surface area contributed by atoms with E-state index in [9.17, 15) is 4.79 Å². The third kappa shape index (κ3) is 2.57. The molecule has 0 radical (unpaired) electrons. The van der Waals surface area contributed by atoms with Gasteiger partial charge >= 0.3 is 0 Å². The van der Waals surface area contributed by atoms with Crippen LogP contribution in [-0.2, 0) is 4.79 Å². The summed E-state index contributed by atoms with van der Waals surface area (Å²) >= 11 is 0. The molecule has 1 aliphatic carbocycles. The average Bonchev–Trinajstić information content (AvgIpc) is 2.86. The van der Waals surface area contributed by atoms with Gasteiger partial charge in [0.15, 0.2) is 0 Å². The summed E-state index contributed by atoms with van der Waals surface area (Å²) in [6.45, 7) is 4.12. The van der Waals surface area contributed by atoms with E-state index in [0.717, 1.165) is 31.8 Å². The van der Waals surface area contributed by atoms with Crippen LogP contribution >= 0.6 is 0 Å². The number of carbonyl (C=O) groups is 1. The SMILES string of the molecule is CCC1CCN(C(=O)CC2(N)CCCC2)C1. The van der Waals surface area contributed by atoms with Crippen LogP contribution in [0.1, 0.15) is 51.9 Å². The number of hydrogen-bond donors (Lipinski definition) is 1. The highest BCUT2D eigenvalue weighted by molar-refractivity contribution is 5.77. The van der Waals surface area contributed by atoms with E-state index in [0.29, 0.717) is 12.3 Å². The van der Waals surface area contributed by atoms with E-state index in [1.807, 2.05) is 4.90 Å². The van der Waals surface area contributed by atoms with Crippen molar-refractivity contribution in [2.75, 3.05) is 13.1 Å². The highest BCUT2D eigenvalue weighted by Gasteiger charge is 2.34. The molecule has 3 nitrogen and oxygen atoms in total. The molecule has 1 aliphatic heterocycles. The summed E-state index contributed by atoms with van der Waals surface area (Å²) in [6.07, 6.45) is 7.40. The van der Waals surface area contributed by atoms with Crippen molar-refractivity contribution < 1.29 is 4.79 Å². The molecule has 1 atom stereocenters. The van der Waals surface area contributed by atoms with Gasteiger partial charge in [-0.3, -0.25) is 4.79 Å². The Labute approximate surface area is 98.4 Å². The fourth-order valence-corrected chi connectivity index (χ4v) is 3.06. The highest BCUT2D eigenvalue weighted by Crippen LogP contribution is 2.31. The van der Waals surface area contributed by atoms with Crippen LogP contribution in [0.15, 0.2) is 0 Å². The first-order valence-corrected chi connectivity index (χ1v) is 6.69. The Hall–Kier alpha value is -0.570. The predicted octanol–water partition coefficient (Wildman–Crippen LogP) is 1.91. The molecule has 1 saturated carbocycles. The van der Waals surface area contributed by atoms with Crippen LogP contribution in [-0.4, -0.2) is 29.4 Å². The molecule has 92 valence electrons. The summed E-state index contributed by atoms with van der Waals surface area (Å²) in [7, 11) is 0. The van der Waals surface area contributed by atoms with Gasteiger partial charge in [-0.25, -0.2) is 0 Å². The lowest BCUT2D eigenvalue weighted by Crippen LogP contribution is -2.43. The van der Waals surface area contributed by atoms with Crippen molar-refractivity contribution in [2.24, 2.45) is 11.7 Å². The van der Waals surface area contributed by atoms with Crippen LogP contribution in [0, 0.1) is 5.92 Å². The summed E-state index contributed by atoms with van der Waals surface area (Å²) in [6, 6.07) is 0. The molecule has 1 amide bonds. The van der Waals surface area contributed by atoms with Crippen molar-refractivity contribution in [1.82, 2.24) is 4.90 Å². The zero-order valence-corrected chi connectivity index (χ0v) is 10.4. The number of nitrogens with zero attached hydrogens (tertiary/aromatic N) is 1. The van der Waals surface area contributed by atoms with E-state index in [-0.39, 0.29) is 5.54 Å². The maximum Gasteiger partial charge on any atom is 0.224 e. The number of amides is 1. The van der Waals surface area contributed by atoms with Crippen molar-refractivity contribution in [2.45, 2.75) is 57.4 Å². The third-order valence-corrected chi connectivity index (χ3v) is 4.32. The Morgan fingerprint density at radius 3 is 2.69 bits per heavy atom. The maximum atomic E-state index is 12.1. The fraction of sp³-hybridized carbons (Fsp3) is 0.923. The maximum absolute atomic E-state index is 12.1. The van der Waals surface area contributed by atoms with Gasteiger partial charge in [0.25, 0.3) is 0 Å². The van der Waals surface area contributed by atoms with Gasteiger partial charge in [-0.05, 0) is 25.2 Å². The summed E-state index contributed by atoms with van der Waals surface area (Å²) in [5, 5.41) is 0. The highest BCUT2D eigenvalue weighted by atomic mass is 16.2. The van der Waals surface area contributed by atoms with Gasteiger partial charge in [0, 0.05) is 25.0 Å². The number of hydrogen-bond acceptors (Lipinski definition) is 2. The monoisotopic (exact) mass is 224 g/mol. The van der Waals surface area contributed by atoms with E-state index in [2.05, 4.69) is 6.92 Å². The molecule has 0 aromatic carbocycles. The summed E-state index contributed by atoms with van der Waals surface area (Å²) in [5.74, 6) is 1.02. The van der Waals surface area contributed by atoms with E-state index >= 15 is 0 Å². The molecule has 1 heterocycles. The van der Waals surface area contributed by atoms with Gasteiger partial charge < -0.3 is 10.6 Å². The molecular formula is C13H24N2O. The molecule has 0 spiro atoms. The van der Waals surface area contributed by atoms with Crippen LogP contribution < -0.4 is 5.73 Å². The molecular weight excluding hydrogens is 200 g/mol. The van der Waals surface area contributed by atoms with Crippen molar-refractivity contribution in [3.05, 3.63) is 0 Å². The van der Waals surface area contributed by atoms with Gasteiger partial charge in [-0.2, -0.15) is 0 Å². The molecule has 1 saturated heterocycles. The van der Waals surface area contributed by atoms with Crippen LogP contribution in [0.25, 0.3) is 0 Å². The van der Waals surface area contributed by atoms with E-state index in [1.165, 1.54) is 25.7 Å². The second kappa shape index (κ2) is 4.74. The minimum atomic E-state index is -0.179. The van der Waals surface area contributed by atoms with Crippen LogP contribution in [0.2, 0.25) is 0 Å².